The molecule has 0 aromatic carbocycles. The van der Waals surface area contributed by atoms with E-state index in [1.807, 2.05) is 50.6 Å². The van der Waals surface area contributed by atoms with Crippen LogP contribution in [0.15, 0.2) is 11.1 Å². The van der Waals surface area contributed by atoms with Gasteiger partial charge >= 0.3 is 5.69 Å². The van der Waals surface area contributed by atoms with Crippen molar-refractivity contribution in [3.63, 3.8) is 0 Å². The first-order valence-corrected chi connectivity index (χ1v) is 11.9. The normalized spacial score (nSPS) is 22.6. The Bertz CT molecular complexity index is 768. The largest absolute Gasteiger partial charge is 0.394 e. The summed E-state index contributed by atoms with van der Waals surface area (Å²) < 4.78 is 24.1. The molecule has 0 radical (unpaired) electrons. The molecule has 1 aromatic heterocycles. The standard InChI is InChI=1S/C17H28IN6O5P/c1-11(2)24(12(3)4)30(27-7-5-6-19)29-13-8-15(28-14(13)9-25)23-10-20-16(22-18)21-17(23)26/h10-15,25H,5,7-9H2,1-4H3,(H,21,22,26)/t13?,14-,15-,30?/m1/s1. The second-order valence-electron chi connectivity index (χ2n) is 7.20. The number of aromatic nitrogens is 3. The van der Waals surface area contributed by atoms with Crippen LogP contribution in [0.5, 0.6) is 0 Å². The van der Waals surface area contributed by atoms with Crippen molar-refractivity contribution in [1.29, 1.82) is 5.26 Å². The van der Waals surface area contributed by atoms with Crippen LogP contribution in [-0.4, -0.2) is 61.8 Å². The highest BCUT2D eigenvalue weighted by atomic mass is 127. The van der Waals surface area contributed by atoms with Crippen LogP contribution in [0, 0.1) is 11.3 Å². The van der Waals surface area contributed by atoms with Crippen molar-refractivity contribution in [2.24, 2.45) is 0 Å². The predicted octanol–water partition coefficient (Wildman–Crippen LogP) is 2.34. The second-order valence-corrected chi connectivity index (χ2v) is 9.15. The van der Waals surface area contributed by atoms with Crippen molar-refractivity contribution in [3.8, 4) is 6.07 Å². The lowest BCUT2D eigenvalue weighted by atomic mass is 10.2. The quantitative estimate of drug-likeness (QED) is 0.182. The molecule has 2 N–H and O–H groups in total. The molecule has 1 aliphatic rings. The average molecular weight is 554 g/mol. The Morgan fingerprint density at radius 3 is 2.73 bits per heavy atom. The van der Waals surface area contributed by atoms with E-state index in [2.05, 4.69) is 24.2 Å². The van der Waals surface area contributed by atoms with Crippen LogP contribution in [0.2, 0.25) is 0 Å². The summed E-state index contributed by atoms with van der Waals surface area (Å²) in [5.74, 6) is 0.209. The zero-order chi connectivity index (χ0) is 22.3. The molecule has 1 saturated heterocycles. The van der Waals surface area contributed by atoms with E-state index < -0.39 is 32.7 Å². The van der Waals surface area contributed by atoms with Crippen LogP contribution in [0.3, 0.4) is 0 Å². The number of rotatable bonds is 11. The Morgan fingerprint density at radius 1 is 1.50 bits per heavy atom. The molecule has 4 atom stereocenters. The summed E-state index contributed by atoms with van der Waals surface area (Å²) in [5.41, 5.74) is -0.509. The third-order valence-corrected chi connectivity index (χ3v) is 7.01. The fourth-order valence-corrected chi connectivity index (χ4v) is 5.16. The molecule has 13 heteroatoms. The maximum atomic E-state index is 12.3. The first-order chi connectivity index (χ1) is 14.3. The second kappa shape index (κ2) is 12.2. The zero-order valence-electron chi connectivity index (χ0n) is 17.4. The van der Waals surface area contributed by atoms with Crippen molar-refractivity contribution >= 4 is 37.3 Å². The van der Waals surface area contributed by atoms with E-state index in [1.165, 1.54) is 10.9 Å². The molecule has 1 fully saturated rings. The van der Waals surface area contributed by atoms with Gasteiger partial charge in [0.2, 0.25) is 5.95 Å². The van der Waals surface area contributed by atoms with Crippen LogP contribution in [0.1, 0.15) is 46.8 Å². The van der Waals surface area contributed by atoms with Crippen LogP contribution in [-0.2, 0) is 13.8 Å². The number of aliphatic hydroxyl groups excluding tert-OH is 1. The van der Waals surface area contributed by atoms with Gasteiger partial charge in [-0.2, -0.15) is 10.2 Å². The Morgan fingerprint density at radius 2 is 2.20 bits per heavy atom. The van der Waals surface area contributed by atoms with Gasteiger partial charge in [-0.3, -0.25) is 8.10 Å². The smallest absolute Gasteiger partial charge is 0.354 e. The number of hydrogen-bond acceptors (Lipinski definition) is 10. The van der Waals surface area contributed by atoms with E-state index in [9.17, 15) is 9.90 Å². The minimum atomic E-state index is -1.50. The summed E-state index contributed by atoms with van der Waals surface area (Å²) in [6, 6.07) is 2.36. The summed E-state index contributed by atoms with van der Waals surface area (Å²) in [6.45, 7) is 8.16. The van der Waals surface area contributed by atoms with Gasteiger partial charge in [-0.25, -0.2) is 14.4 Å². The molecule has 2 heterocycles. The third-order valence-electron chi connectivity index (χ3n) is 4.37. The Kier molecular flexibility index (Phi) is 10.3. The monoisotopic (exact) mass is 554 g/mol. The van der Waals surface area contributed by atoms with Gasteiger partial charge in [-0.15, -0.1) is 0 Å². The van der Waals surface area contributed by atoms with Crippen molar-refractivity contribution in [2.45, 2.75) is 71.1 Å². The molecular formula is C17H28IN6O5P. The summed E-state index contributed by atoms with van der Waals surface area (Å²) in [5, 5.41) is 18.7. The molecule has 11 nitrogen and oxygen atoms in total. The Hall–Kier alpha value is -0.940. The van der Waals surface area contributed by atoms with Gasteiger partial charge in [0, 0.05) is 18.5 Å². The number of nitrogens with zero attached hydrogens (tertiary/aromatic N) is 5. The lowest BCUT2D eigenvalue weighted by molar-refractivity contribution is -0.0442. The summed E-state index contributed by atoms with van der Waals surface area (Å²) in [4.78, 5) is 20.2. The molecule has 0 saturated carbocycles. The van der Waals surface area contributed by atoms with Crippen LogP contribution < -0.4 is 9.22 Å². The highest BCUT2D eigenvalue weighted by Gasteiger charge is 2.41. The van der Waals surface area contributed by atoms with Crippen molar-refractivity contribution in [1.82, 2.24) is 19.2 Å². The number of halogens is 1. The minimum absolute atomic E-state index is 0.147. The predicted molar refractivity (Wildman–Crippen MR) is 120 cm³/mol. The first-order valence-electron chi connectivity index (χ1n) is 9.65. The maximum absolute atomic E-state index is 12.3. The van der Waals surface area contributed by atoms with Crippen LogP contribution in [0.25, 0.3) is 0 Å². The maximum Gasteiger partial charge on any atom is 0.354 e. The highest BCUT2D eigenvalue weighted by Crippen LogP contribution is 2.49. The molecule has 1 aliphatic heterocycles. The van der Waals surface area contributed by atoms with E-state index in [1.54, 1.807) is 0 Å². The van der Waals surface area contributed by atoms with Gasteiger partial charge in [0.15, 0.2) is 0 Å². The van der Waals surface area contributed by atoms with E-state index >= 15 is 0 Å². The number of hydrogen-bond donors (Lipinski definition) is 2. The Labute approximate surface area is 191 Å². The first kappa shape index (κ1) is 25.3. The fourth-order valence-electron chi connectivity index (χ4n) is 3.14. The van der Waals surface area contributed by atoms with E-state index in [-0.39, 0.29) is 37.7 Å². The molecule has 0 amide bonds. The Balaban J connectivity index is 2.19. The number of ether oxygens (including phenoxy) is 1. The van der Waals surface area contributed by atoms with Crippen molar-refractivity contribution < 1.29 is 18.9 Å². The number of nitriles is 1. The van der Waals surface area contributed by atoms with Gasteiger partial charge in [0.05, 0.1) is 54.7 Å². The molecule has 2 rings (SSSR count). The molecule has 0 spiro atoms. The number of nitrogens with one attached hydrogen (secondary N) is 1. The lowest BCUT2D eigenvalue weighted by Crippen LogP contribution is -2.36. The number of anilines is 1. The summed E-state index contributed by atoms with van der Waals surface area (Å²) >= 11 is 1.84. The van der Waals surface area contributed by atoms with Gasteiger partial charge in [-0.05, 0) is 27.7 Å². The van der Waals surface area contributed by atoms with Gasteiger partial charge in [0.1, 0.15) is 18.7 Å². The molecule has 168 valence electrons. The molecule has 0 bridgehead atoms. The fraction of sp³-hybridized carbons (Fsp3) is 0.765. The van der Waals surface area contributed by atoms with Gasteiger partial charge < -0.3 is 18.9 Å². The van der Waals surface area contributed by atoms with Gasteiger partial charge in [0.25, 0.3) is 8.53 Å². The average Bonchev–Trinajstić information content (AvgIpc) is 3.09. The van der Waals surface area contributed by atoms with Crippen molar-refractivity contribution in [2.75, 3.05) is 16.7 Å². The molecular weight excluding hydrogens is 526 g/mol. The van der Waals surface area contributed by atoms with Crippen LogP contribution >= 0.6 is 31.4 Å². The highest BCUT2D eigenvalue weighted by molar-refractivity contribution is 14.1. The molecule has 2 unspecified atom stereocenters. The van der Waals surface area contributed by atoms with Gasteiger partial charge in [-0.1, -0.05) is 0 Å². The SMILES string of the molecule is CC(C)N(C(C)C)P(OCCC#N)OC1C[C@H](n2cnc(NI)nc2=O)O[C@@H]1CO. The zero-order valence-corrected chi connectivity index (χ0v) is 20.5. The third kappa shape index (κ3) is 6.53. The minimum Gasteiger partial charge on any atom is -0.394 e. The summed E-state index contributed by atoms with van der Waals surface area (Å²) in [6.07, 6.45) is 0.153. The van der Waals surface area contributed by atoms with E-state index in [4.69, 9.17) is 19.0 Å². The summed E-state index contributed by atoms with van der Waals surface area (Å²) in [7, 11) is -1.50. The molecule has 30 heavy (non-hydrogen) atoms. The van der Waals surface area contributed by atoms with E-state index in [0.29, 0.717) is 6.42 Å². The number of aliphatic hydroxyl groups is 1. The van der Waals surface area contributed by atoms with Crippen LogP contribution in [0.4, 0.5) is 5.95 Å². The van der Waals surface area contributed by atoms with Crippen molar-refractivity contribution in [3.05, 3.63) is 16.8 Å². The lowest BCUT2D eigenvalue weighted by Gasteiger charge is -2.37. The van der Waals surface area contributed by atoms with E-state index in [0.717, 1.165) is 0 Å². The molecule has 0 aliphatic carbocycles. The molecule has 1 aromatic rings. The topological polar surface area (TPSA) is 135 Å².